The van der Waals surface area contributed by atoms with Gasteiger partial charge in [-0.05, 0) is 37.8 Å². The maximum atomic E-state index is 12.2. The first-order valence-corrected chi connectivity index (χ1v) is 7.95. The Morgan fingerprint density at radius 1 is 1.41 bits per heavy atom. The summed E-state index contributed by atoms with van der Waals surface area (Å²) < 4.78 is 0. The normalized spacial score (nSPS) is 18.2. The van der Waals surface area contributed by atoms with Crippen LogP contribution in [0.1, 0.15) is 47.1 Å². The summed E-state index contributed by atoms with van der Waals surface area (Å²) in [4.78, 5) is 26.7. The van der Waals surface area contributed by atoms with E-state index in [4.69, 9.17) is 4.98 Å². The molecule has 0 aromatic carbocycles. The molecule has 3 heterocycles. The van der Waals surface area contributed by atoms with Gasteiger partial charge in [0.1, 0.15) is 5.82 Å². The molecule has 114 valence electrons. The highest BCUT2D eigenvalue weighted by molar-refractivity contribution is 5.24. The highest BCUT2D eigenvalue weighted by atomic mass is 16.1. The van der Waals surface area contributed by atoms with Gasteiger partial charge in [-0.25, -0.2) is 4.98 Å². The van der Waals surface area contributed by atoms with Gasteiger partial charge in [0.25, 0.3) is 5.56 Å². The molecule has 0 radical (unpaired) electrons. The fourth-order valence-electron chi connectivity index (χ4n) is 3.09. The van der Waals surface area contributed by atoms with Crippen LogP contribution in [0.4, 0.5) is 0 Å². The molecule has 2 aliphatic rings. The van der Waals surface area contributed by atoms with Gasteiger partial charge in [-0.3, -0.25) is 14.7 Å². The van der Waals surface area contributed by atoms with Crippen molar-refractivity contribution in [3.05, 3.63) is 57.0 Å². The minimum absolute atomic E-state index is 0.0700. The second-order valence-corrected chi connectivity index (χ2v) is 6.38. The lowest BCUT2D eigenvalue weighted by atomic mass is 10.1. The van der Waals surface area contributed by atoms with Crippen LogP contribution in [0.5, 0.6) is 0 Å². The van der Waals surface area contributed by atoms with Gasteiger partial charge in [0.15, 0.2) is 0 Å². The number of pyridine rings is 1. The summed E-state index contributed by atoms with van der Waals surface area (Å²) in [6, 6.07) is 4.06. The topological polar surface area (TPSA) is 61.9 Å². The van der Waals surface area contributed by atoms with Crippen molar-refractivity contribution < 1.29 is 0 Å². The molecule has 0 unspecified atom stereocenters. The number of rotatable bonds is 3. The fourth-order valence-corrected chi connectivity index (χ4v) is 3.09. The van der Waals surface area contributed by atoms with Crippen LogP contribution in [-0.4, -0.2) is 26.4 Å². The average Bonchev–Trinajstić information content (AvgIpc) is 3.34. The van der Waals surface area contributed by atoms with Crippen LogP contribution in [0.3, 0.4) is 0 Å². The van der Waals surface area contributed by atoms with E-state index in [1.807, 2.05) is 12.3 Å². The fraction of sp³-hybridized carbons (Fsp3) is 0.471. The molecule has 2 aromatic heterocycles. The molecule has 1 aliphatic heterocycles. The molecule has 1 saturated carbocycles. The zero-order chi connectivity index (χ0) is 15.1. The lowest BCUT2D eigenvalue weighted by Gasteiger charge is -2.27. The molecule has 0 spiro atoms. The molecule has 22 heavy (non-hydrogen) atoms. The molecular weight excluding hydrogens is 276 g/mol. The third-order valence-electron chi connectivity index (χ3n) is 4.63. The zero-order valence-electron chi connectivity index (χ0n) is 12.8. The van der Waals surface area contributed by atoms with E-state index in [9.17, 15) is 4.79 Å². The molecule has 1 aliphatic carbocycles. The predicted molar refractivity (Wildman–Crippen MR) is 83.6 cm³/mol. The maximum Gasteiger partial charge on any atom is 0.254 e. The first-order valence-electron chi connectivity index (χ1n) is 7.95. The summed E-state index contributed by atoms with van der Waals surface area (Å²) >= 11 is 0. The van der Waals surface area contributed by atoms with Crippen LogP contribution < -0.4 is 5.56 Å². The van der Waals surface area contributed by atoms with Crippen molar-refractivity contribution in [1.29, 1.82) is 0 Å². The van der Waals surface area contributed by atoms with Gasteiger partial charge in [0.2, 0.25) is 0 Å². The van der Waals surface area contributed by atoms with Crippen LogP contribution >= 0.6 is 0 Å². The average molecular weight is 296 g/mol. The predicted octanol–water partition coefficient (Wildman–Crippen LogP) is 1.91. The summed E-state index contributed by atoms with van der Waals surface area (Å²) in [6.45, 7) is 4.54. The Hall–Kier alpha value is -2.01. The van der Waals surface area contributed by atoms with E-state index in [0.717, 1.165) is 61.7 Å². The van der Waals surface area contributed by atoms with E-state index in [1.165, 1.54) is 5.56 Å². The standard InChI is InChI=1S/C17H20N4O/c1-11-3-2-7-18-14(11)9-21-8-6-13-15(10-21)19-16(12-4-5-12)20-17(13)22/h2-3,7,12H,4-6,8-10H2,1H3,(H,19,20,22). The second-order valence-electron chi connectivity index (χ2n) is 6.38. The summed E-state index contributed by atoms with van der Waals surface area (Å²) in [5.74, 6) is 1.37. The number of hydrogen-bond acceptors (Lipinski definition) is 4. The number of hydrogen-bond donors (Lipinski definition) is 1. The minimum Gasteiger partial charge on any atom is -0.310 e. The molecule has 4 rings (SSSR count). The molecule has 0 saturated heterocycles. The Balaban J connectivity index is 1.58. The largest absolute Gasteiger partial charge is 0.310 e. The van der Waals surface area contributed by atoms with Crippen molar-refractivity contribution in [2.45, 2.75) is 45.2 Å². The van der Waals surface area contributed by atoms with Crippen LogP contribution in [0.25, 0.3) is 0 Å². The summed E-state index contributed by atoms with van der Waals surface area (Å²) in [6.07, 6.45) is 4.92. The third-order valence-corrected chi connectivity index (χ3v) is 4.63. The Morgan fingerprint density at radius 2 is 2.27 bits per heavy atom. The van der Waals surface area contributed by atoms with Crippen molar-refractivity contribution in [2.24, 2.45) is 0 Å². The Labute approximate surface area is 129 Å². The van der Waals surface area contributed by atoms with Crippen molar-refractivity contribution in [1.82, 2.24) is 19.9 Å². The van der Waals surface area contributed by atoms with Gasteiger partial charge in [-0.1, -0.05) is 6.07 Å². The SMILES string of the molecule is Cc1cccnc1CN1CCc2c(nc(C3CC3)[nH]c2=O)C1. The molecule has 5 heteroatoms. The lowest BCUT2D eigenvalue weighted by Crippen LogP contribution is -2.35. The number of fused-ring (bicyclic) bond motifs is 1. The molecule has 2 aromatic rings. The van der Waals surface area contributed by atoms with E-state index >= 15 is 0 Å². The summed E-state index contributed by atoms with van der Waals surface area (Å²) in [7, 11) is 0. The molecular formula is C17H20N4O. The van der Waals surface area contributed by atoms with Crippen LogP contribution in [0.15, 0.2) is 23.1 Å². The van der Waals surface area contributed by atoms with Crippen molar-refractivity contribution in [3.63, 3.8) is 0 Å². The maximum absolute atomic E-state index is 12.2. The Kier molecular flexibility index (Phi) is 3.30. The smallest absolute Gasteiger partial charge is 0.254 e. The van der Waals surface area contributed by atoms with Crippen LogP contribution in [0.2, 0.25) is 0 Å². The second kappa shape index (κ2) is 5.32. The first-order chi connectivity index (χ1) is 10.7. The summed E-state index contributed by atoms with van der Waals surface area (Å²) in [5.41, 5.74) is 4.23. The number of nitrogens with one attached hydrogen (secondary N) is 1. The lowest BCUT2D eigenvalue weighted by molar-refractivity contribution is 0.236. The van der Waals surface area contributed by atoms with E-state index in [0.29, 0.717) is 5.92 Å². The van der Waals surface area contributed by atoms with Gasteiger partial charge in [-0.2, -0.15) is 0 Å². The number of aryl methyl sites for hydroxylation is 1. The minimum atomic E-state index is 0.0700. The number of aromatic nitrogens is 3. The van der Waals surface area contributed by atoms with Gasteiger partial charge < -0.3 is 4.98 Å². The van der Waals surface area contributed by atoms with E-state index in [1.54, 1.807) is 0 Å². The van der Waals surface area contributed by atoms with Crippen molar-refractivity contribution in [3.8, 4) is 0 Å². The number of nitrogens with zero attached hydrogens (tertiary/aromatic N) is 3. The van der Waals surface area contributed by atoms with E-state index in [2.05, 4.69) is 27.9 Å². The zero-order valence-corrected chi connectivity index (χ0v) is 12.8. The van der Waals surface area contributed by atoms with Crippen LogP contribution in [-0.2, 0) is 19.5 Å². The van der Waals surface area contributed by atoms with Gasteiger partial charge in [-0.15, -0.1) is 0 Å². The Bertz CT molecular complexity index is 763. The summed E-state index contributed by atoms with van der Waals surface area (Å²) in [5, 5.41) is 0. The number of aromatic amines is 1. The monoisotopic (exact) mass is 296 g/mol. The van der Waals surface area contributed by atoms with Crippen LogP contribution in [0, 0.1) is 6.92 Å². The molecule has 0 atom stereocenters. The van der Waals surface area contributed by atoms with E-state index < -0.39 is 0 Å². The molecule has 0 bridgehead atoms. The molecule has 1 N–H and O–H groups in total. The Morgan fingerprint density at radius 3 is 3.05 bits per heavy atom. The van der Waals surface area contributed by atoms with Crippen molar-refractivity contribution >= 4 is 0 Å². The molecule has 0 amide bonds. The van der Waals surface area contributed by atoms with Crippen molar-refractivity contribution in [2.75, 3.05) is 6.54 Å². The highest BCUT2D eigenvalue weighted by Crippen LogP contribution is 2.37. The first kappa shape index (κ1) is 13.6. The highest BCUT2D eigenvalue weighted by Gasteiger charge is 2.29. The molecule has 5 nitrogen and oxygen atoms in total. The number of H-pyrrole nitrogens is 1. The van der Waals surface area contributed by atoms with Gasteiger partial charge in [0, 0.05) is 37.3 Å². The quantitative estimate of drug-likeness (QED) is 0.940. The molecule has 1 fully saturated rings. The van der Waals surface area contributed by atoms with Gasteiger partial charge in [0.05, 0.1) is 11.4 Å². The van der Waals surface area contributed by atoms with E-state index in [-0.39, 0.29) is 5.56 Å². The van der Waals surface area contributed by atoms with Gasteiger partial charge >= 0.3 is 0 Å². The third kappa shape index (κ3) is 2.57.